The zero-order valence-corrected chi connectivity index (χ0v) is 60.5. The van der Waals surface area contributed by atoms with Gasteiger partial charge < -0.3 is 0 Å². The first-order valence-electron chi connectivity index (χ1n) is 31.0. The second kappa shape index (κ2) is 25.1. The number of hydrogen-bond acceptors (Lipinski definition) is 4. The van der Waals surface area contributed by atoms with Crippen molar-refractivity contribution >= 4 is 161 Å². The Hall–Kier alpha value is -4.97. The molecular formula is C74H82F4S4Si4. The van der Waals surface area contributed by atoms with Gasteiger partial charge in [0.2, 0.25) is 0 Å². The van der Waals surface area contributed by atoms with Crippen LogP contribution in [-0.2, 0) is 0 Å². The van der Waals surface area contributed by atoms with Gasteiger partial charge >= 0.3 is 0 Å². The van der Waals surface area contributed by atoms with Crippen LogP contribution in [0, 0.1) is 102 Å². The van der Waals surface area contributed by atoms with E-state index in [0.29, 0.717) is 35.5 Å². The minimum absolute atomic E-state index is 0.228. The van der Waals surface area contributed by atoms with Crippen molar-refractivity contribution in [2.45, 2.75) is 158 Å². The van der Waals surface area contributed by atoms with Crippen LogP contribution in [0.1, 0.15) is 105 Å². The average molecular weight is 1290 g/mol. The number of rotatable bonds is 15. The standard InChI is InChI=1S/C74H82F4S4Si4/c1-45(2)39-85(40-46(3)4,41-47(5)6)23-19-57-63-35-67-51(31-71(75)79-67)27-59(63)55(60-28-52-32-72(76)80-68(52)36-64(57)60)17-21-83(13,14)25-26-84(15,16)22-18-56-61-29-53-33-73(77)81-69(53)37-65(61)58(66-38-70-54(30-62(56)66)34-74(78)82-70)20-24-86(42-48(7)8,43-49(9)10)44-50(11)12/h27-38,45-50H,25-26,39-44H2,1-16H3. The van der Waals surface area contributed by atoms with Crippen LogP contribution in [0.2, 0.25) is 74.5 Å². The molecule has 0 amide bonds. The maximum Gasteiger partial charge on any atom is 0.177 e. The Bertz CT molecular complexity index is 4020. The number of thiophene rings is 4. The van der Waals surface area contributed by atoms with Gasteiger partial charge in [-0.2, -0.15) is 17.6 Å². The predicted octanol–water partition coefficient (Wildman–Crippen LogP) is 24.2. The summed E-state index contributed by atoms with van der Waals surface area (Å²) in [6.07, 6.45) is 0. The molecule has 0 aliphatic heterocycles. The molecule has 0 N–H and O–H groups in total. The van der Waals surface area contributed by atoms with Crippen molar-refractivity contribution in [3.63, 3.8) is 0 Å². The molecule has 0 aliphatic rings. The Morgan fingerprint density at radius 2 is 0.500 bits per heavy atom. The molecule has 4 heterocycles. The minimum atomic E-state index is -2.30. The Morgan fingerprint density at radius 3 is 0.709 bits per heavy atom. The summed E-state index contributed by atoms with van der Waals surface area (Å²) >= 11 is 4.64. The summed E-state index contributed by atoms with van der Waals surface area (Å²) in [5.41, 5.74) is 19.7. The molecule has 10 aromatic rings. The Labute approximate surface area is 529 Å². The smallest absolute Gasteiger partial charge is 0.177 e. The molecule has 86 heavy (non-hydrogen) atoms. The number of hydrogen-bond donors (Lipinski definition) is 0. The quantitative estimate of drug-likeness (QED) is 0.0415. The fourth-order valence-electron chi connectivity index (χ4n) is 14.1. The van der Waals surface area contributed by atoms with Crippen LogP contribution in [0.5, 0.6) is 0 Å². The zero-order chi connectivity index (χ0) is 61.9. The van der Waals surface area contributed by atoms with Crippen molar-refractivity contribution in [2.75, 3.05) is 0 Å². The number of halogens is 4. The number of benzene rings is 6. The first-order chi connectivity index (χ1) is 40.5. The maximum absolute atomic E-state index is 15.3. The topological polar surface area (TPSA) is 0 Å². The molecule has 0 fully saturated rings. The molecule has 0 saturated heterocycles. The highest BCUT2D eigenvalue weighted by Gasteiger charge is 2.36. The zero-order valence-electron chi connectivity index (χ0n) is 53.2. The van der Waals surface area contributed by atoms with E-state index in [1.54, 1.807) is 24.3 Å². The molecule has 0 atom stereocenters. The van der Waals surface area contributed by atoms with Gasteiger partial charge in [0.05, 0.1) is 0 Å². The summed E-state index contributed by atoms with van der Waals surface area (Å²) in [6, 6.07) is 32.1. The van der Waals surface area contributed by atoms with Gasteiger partial charge in [0, 0.05) is 62.6 Å². The second-order valence-electron chi connectivity index (χ2n) is 28.9. The van der Waals surface area contributed by atoms with Gasteiger partial charge in [-0.25, -0.2) is 0 Å². The van der Waals surface area contributed by atoms with Crippen LogP contribution >= 0.6 is 45.3 Å². The average Bonchev–Trinajstić information content (AvgIpc) is 1.18. The van der Waals surface area contributed by atoms with E-state index in [0.717, 1.165) is 199 Å². The summed E-state index contributed by atoms with van der Waals surface area (Å²) in [4.78, 5) is 0. The van der Waals surface area contributed by atoms with Gasteiger partial charge in [0.25, 0.3) is 0 Å². The molecule has 0 radical (unpaired) electrons. The first kappa shape index (κ1) is 64.0. The molecule has 446 valence electrons. The molecule has 6 aromatic carbocycles. The third-order valence-corrected chi connectivity index (χ3v) is 36.3. The Morgan fingerprint density at radius 1 is 0.302 bits per heavy atom. The fraction of sp³-hybridized carbons (Fsp3) is 0.405. The molecule has 12 heteroatoms. The summed E-state index contributed by atoms with van der Waals surface area (Å²) in [5, 5.41) is 10.1. The van der Waals surface area contributed by atoms with E-state index in [4.69, 9.17) is 0 Å². The lowest BCUT2D eigenvalue weighted by atomic mass is 9.91. The normalized spacial score (nSPS) is 12.8. The van der Waals surface area contributed by atoms with Gasteiger partial charge in [0.1, 0.15) is 32.3 Å². The summed E-state index contributed by atoms with van der Waals surface area (Å²) in [5.74, 6) is 18.6. The SMILES string of the molecule is CC(C)C[Si](C#Cc1c2cc3sc(F)cc3cc2c(C#C[Si](C)(C)CC[Si](C)(C)C#Cc2c3cc4cc(F)sc4cc3c(C#C[Si](CC(C)C)(CC(C)C)CC(C)C)c3cc4sc(F)cc4cc23)c2cc3cc(F)sc3cc12)(CC(C)C)CC(C)C. The lowest BCUT2D eigenvalue weighted by Gasteiger charge is -2.31. The van der Waals surface area contributed by atoms with Crippen molar-refractivity contribution < 1.29 is 17.6 Å². The molecule has 0 aliphatic carbocycles. The summed E-state index contributed by atoms with van der Waals surface area (Å²) in [6.45, 7) is 37.3. The highest BCUT2D eigenvalue weighted by atomic mass is 32.1. The van der Waals surface area contributed by atoms with E-state index >= 15 is 17.6 Å². The lowest BCUT2D eigenvalue weighted by molar-refractivity contribution is 0.650. The van der Waals surface area contributed by atoms with Gasteiger partial charge in [-0.05, 0) is 200 Å². The molecule has 0 spiro atoms. The van der Waals surface area contributed by atoms with Gasteiger partial charge in [-0.1, -0.05) is 133 Å². The van der Waals surface area contributed by atoms with Crippen molar-refractivity contribution in [3.8, 4) is 45.9 Å². The highest BCUT2D eigenvalue weighted by Crippen LogP contribution is 2.44. The van der Waals surface area contributed by atoms with Crippen LogP contribution < -0.4 is 0 Å². The summed E-state index contributed by atoms with van der Waals surface area (Å²) in [7, 11) is -8.89. The monoisotopic (exact) mass is 1290 g/mol. The second-order valence-corrected chi connectivity index (χ2v) is 50.1. The maximum atomic E-state index is 15.3. The Balaban J connectivity index is 1.10. The third kappa shape index (κ3) is 14.2. The van der Waals surface area contributed by atoms with E-state index in [9.17, 15) is 0 Å². The van der Waals surface area contributed by atoms with E-state index in [2.05, 4.69) is 204 Å². The van der Waals surface area contributed by atoms with Crippen molar-refractivity contribution in [1.82, 2.24) is 0 Å². The van der Waals surface area contributed by atoms with Crippen LogP contribution in [0.3, 0.4) is 0 Å². The van der Waals surface area contributed by atoms with Gasteiger partial charge in [0.15, 0.2) is 20.5 Å². The van der Waals surface area contributed by atoms with Crippen molar-refractivity contribution in [3.05, 3.63) is 116 Å². The van der Waals surface area contributed by atoms with Gasteiger partial charge in [-0.15, -0.1) is 67.5 Å². The van der Waals surface area contributed by atoms with E-state index < -0.39 is 32.3 Å². The third-order valence-electron chi connectivity index (χ3n) is 16.8. The fourth-order valence-corrected chi connectivity index (χ4v) is 35.3. The van der Waals surface area contributed by atoms with Crippen molar-refractivity contribution in [2.24, 2.45) is 35.5 Å². The van der Waals surface area contributed by atoms with Crippen molar-refractivity contribution in [1.29, 1.82) is 0 Å². The largest absolute Gasteiger partial charge is 0.195 e. The molecule has 10 rings (SSSR count). The van der Waals surface area contributed by atoms with Gasteiger partial charge in [-0.3, -0.25) is 0 Å². The minimum Gasteiger partial charge on any atom is -0.195 e. The van der Waals surface area contributed by atoms with Crippen LogP contribution in [0.4, 0.5) is 17.6 Å². The predicted molar refractivity (Wildman–Crippen MR) is 386 cm³/mol. The van der Waals surface area contributed by atoms with E-state index in [1.165, 1.54) is 0 Å². The molecule has 0 saturated carbocycles. The Kier molecular flexibility index (Phi) is 18.7. The molecule has 0 bridgehead atoms. The lowest BCUT2D eigenvalue weighted by Crippen LogP contribution is -2.37. The molecule has 0 nitrogen and oxygen atoms in total. The van der Waals surface area contributed by atoms with Crippen LogP contribution in [-0.4, -0.2) is 32.3 Å². The molecule has 0 unspecified atom stereocenters. The first-order valence-corrected chi connectivity index (χ1v) is 45.9. The van der Waals surface area contributed by atoms with Crippen LogP contribution in [0.15, 0.2) is 72.8 Å². The summed E-state index contributed by atoms with van der Waals surface area (Å²) < 4.78 is 64.6. The number of fused-ring (bicyclic) bond motifs is 8. The van der Waals surface area contributed by atoms with E-state index in [-0.39, 0.29) is 20.5 Å². The molecule has 4 aromatic heterocycles. The van der Waals surface area contributed by atoms with E-state index in [1.807, 2.05) is 0 Å². The highest BCUT2D eigenvalue weighted by molar-refractivity contribution is 7.18. The van der Waals surface area contributed by atoms with Crippen LogP contribution in [0.25, 0.3) is 83.4 Å². The molecular weight excluding hydrogens is 1210 g/mol.